The number of hydrogen-bond acceptors (Lipinski definition) is 6. The molecule has 4 rings (SSSR count). The summed E-state index contributed by atoms with van der Waals surface area (Å²) in [4.78, 5) is 16.6. The SMILES string of the molecule is CCC(Sc1nnc2ccc3ccccc3n12)C(=O)Nc1nccs1. The van der Waals surface area contributed by atoms with E-state index < -0.39 is 0 Å². The maximum atomic E-state index is 12.5. The quantitative estimate of drug-likeness (QED) is 0.541. The van der Waals surface area contributed by atoms with Crippen molar-refractivity contribution in [3.05, 3.63) is 48.0 Å². The molecule has 0 aliphatic heterocycles. The van der Waals surface area contributed by atoms with Crippen LogP contribution < -0.4 is 5.32 Å². The van der Waals surface area contributed by atoms with Crippen LogP contribution in [0.3, 0.4) is 0 Å². The minimum atomic E-state index is -0.268. The standard InChI is InChI=1S/C17H15N5OS2/c1-2-13(15(23)19-16-18-9-10-24-16)25-17-21-20-14-8-7-11-5-3-4-6-12(11)22(14)17/h3-10,13H,2H2,1H3,(H,18,19,23). The Kier molecular flexibility index (Phi) is 4.37. The lowest BCUT2D eigenvalue weighted by Crippen LogP contribution is -2.24. The van der Waals surface area contributed by atoms with Crippen molar-refractivity contribution in [2.75, 3.05) is 5.32 Å². The fourth-order valence-corrected chi connectivity index (χ4v) is 4.11. The highest BCUT2D eigenvalue weighted by Crippen LogP contribution is 2.28. The van der Waals surface area contributed by atoms with Gasteiger partial charge in [0.15, 0.2) is 15.9 Å². The number of rotatable bonds is 5. The van der Waals surface area contributed by atoms with Crippen LogP contribution in [0.5, 0.6) is 0 Å². The van der Waals surface area contributed by atoms with Gasteiger partial charge in [-0.25, -0.2) is 4.98 Å². The number of aromatic nitrogens is 4. The minimum Gasteiger partial charge on any atom is -0.301 e. The summed E-state index contributed by atoms with van der Waals surface area (Å²) in [5.74, 6) is -0.0700. The zero-order chi connectivity index (χ0) is 17.2. The first-order valence-corrected chi connectivity index (χ1v) is 9.62. The van der Waals surface area contributed by atoms with Gasteiger partial charge in [0.1, 0.15) is 0 Å². The molecule has 126 valence electrons. The molecule has 0 spiro atoms. The van der Waals surface area contributed by atoms with Crippen molar-refractivity contribution in [3.8, 4) is 0 Å². The summed E-state index contributed by atoms with van der Waals surface area (Å²) in [6.07, 6.45) is 2.36. The topological polar surface area (TPSA) is 72.2 Å². The van der Waals surface area contributed by atoms with E-state index in [2.05, 4.69) is 26.6 Å². The molecule has 1 N–H and O–H groups in total. The molecule has 0 radical (unpaired) electrons. The molecule has 0 aliphatic carbocycles. The number of para-hydroxylation sites is 1. The van der Waals surface area contributed by atoms with E-state index in [1.54, 1.807) is 6.20 Å². The number of hydrogen-bond donors (Lipinski definition) is 1. The van der Waals surface area contributed by atoms with Crippen LogP contribution in [0.2, 0.25) is 0 Å². The van der Waals surface area contributed by atoms with E-state index in [0.29, 0.717) is 16.7 Å². The van der Waals surface area contributed by atoms with Crippen LogP contribution >= 0.6 is 23.1 Å². The number of carbonyl (C=O) groups excluding carboxylic acids is 1. The number of carbonyl (C=O) groups is 1. The average Bonchev–Trinajstić information content (AvgIpc) is 3.29. The lowest BCUT2D eigenvalue weighted by molar-refractivity contribution is -0.115. The maximum Gasteiger partial charge on any atom is 0.239 e. The van der Waals surface area contributed by atoms with Crippen LogP contribution in [0, 0.1) is 0 Å². The van der Waals surface area contributed by atoms with Gasteiger partial charge < -0.3 is 5.32 Å². The van der Waals surface area contributed by atoms with Crippen molar-refractivity contribution in [3.63, 3.8) is 0 Å². The summed E-state index contributed by atoms with van der Waals surface area (Å²) in [6.45, 7) is 1.99. The Morgan fingerprint density at radius 2 is 2.16 bits per heavy atom. The molecule has 4 aromatic rings. The molecule has 3 aromatic heterocycles. The van der Waals surface area contributed by atoms with Gasteiger partial charge in [0.05, 0.1) is 10.8 Å². The molecular formula is C17H15N5OS2. The van der Waals surface area contributed by atoms with Gasteiger partial charge in [0.25, 0.3) is 0 Å². The predicted molar refractivity (Wildman–Crippen MR) is 101 cm³/mol. The third-order valence-electron chi connectivity index (χ3n) is 3.82. The summed E-state index contributed by atoms with van der Waals surface area (Å²) in [7, 11) is 0. The highest BCUT2D eigenvalue weighted by molar-refractivity contribution is 8.00. The second-order valence-corrected chi connectivity index (χ2v) is 7.47. The van der Waals surface area contributed by atoms with Gasteiger partial charge in [0.2, 0.25) is 5.91 Å². The number of nitrogens with one attached hydrogen (secondary N) is 1. The number of thioether (sulfide) groups is 1. The number of pyridine rings is 1. The molecule has 0 bridgehead atoms. The van der Waals surface area contributed by atoms with Crippen LogP contribution in [0.1, 0.15) is 13.3 Å². The summed E-state index contributed by atoms with van der Waals surface area (Å²) in [5.41, 5.74) is 1.80. The molecule has 1 amide bonds. The number of nitrogens with zero attached hydrogens (tertiary/aromatic N) is 4. The molecule has 1 aromatic carbocycles. The minimum absolute atomic E-state index is 0.0700. The van der Waals surface area contributed by atoms with Crippen molar-refractivity contribution in [2.45, 2.75) is 23.8 Å². The van der Waals surface area contributed by atoms with Crippen LogP contribution in [0.4, 0.5) is 5.13 Å². The highest BCUT2D eigenvalue weighted by Gasteiger charge is 2.22. The summed E-state index contributed by atoms with van der Waals surface area (Å²) in [6, 6.07) is 12.0. The van der Waals surface area contributed by atoms with Crippen molar-refractivity contribution >= 4 is 50.7 Å². The lowest BCUT2D eigenvalue weighted by atomic mass is 10.2. The van der Waals surface area contributed by atoms with Gasteiger partial charge in [-0.15, -0.1) is 21.5 Å². The molecule has 0 saturated carbocycles. The predicted octanol–water partition coefficient (Wildman–Crippen LogP) is 3.85. The Balaban J connectivity index is 1.67. The van der Waals surface area contributed by atoms with E-state index in [1.807, 2.05) is 47.0 Å². The Bertz CT molecular complexity index is 1030. The molecule has 8 heteroatoms. The molecule has 1 atom stereocenters. The Morgan fingerprint density at radius 3 is 2.96 bits per heavy atom. The van der Waals surface area contributed by atoms with Gasteiger partial charge in [-0.2, -0.15) is 0 Å². The Labute approximate surface area is 152 Å². The first kappa shape index (κ1) is 16.0. The van der Waals surface area contributed by atoms with Crippen LogP contribution in [0.25, 0.3) is 16.6 Å². The van der Waals surface area contributed by atoms with Crippen LogP contribution in [-0.4, -0.2) is 30.7 Å². The van der Waals surface area contributed by atoms with Crippen molar-refractivity contribution < 1.29 is 4.79 Å². The number of benzene rings is 1. The fourth-order valence-electron chi connectivity index (χ4n) is 2.61. The second-order valence-electron chi connectivity index (χ2n) is 5.41. The van der Waals surface area contributed by atoms with E-state index in [0.717, 1.165) is 16.6 Å². The van der Waals surface area contributed by atoms with Gasteiger partial charge in [-0.3, -0.25) is 9.20 Å². The monoisotopic (exact) mass is 369 g/mol. The maximum absolute atomic E-state index is 12.5. The highest BCUT2D eigenvalue weighted by atomic mass is 32.2. The third-order valence-corrected chi connectivity index (χ3v) is 5.82. The summed E-state index contributed by atoms with van der Waals surface area (Å²) < 4.78 is 2.00. The molecule has 3 heterocycles. The largest absolute Gasteiger partial charge is 0.301 e. The van der Waals surface area contributed by atoms with E-state index in [1.165, 1.54) is 23.1 Å². The number of amides is 1. The van der Waals surface area contributed by atoms with Crippen molar-refractivity contribution in [1.82, 2.24) is 19.6 Å². The fraction of sp³-hybridized carbons (Fsp3) is 0.176. The van der Waals surface area contributed by atoms with Crippen LogP contribution in [-0.2, 0) is 4.79 Å². The summed E-state index contributed by atoms with van der Waals surface area (Å²) >= 11 is 2.83. The second kappa shape index (κ2) is 6.81. The van der Waals surface area contributed by atoms with Gasteiger partial charge in [-0.1, -0.05) is 36.9 Å². The van der Waals surface area contributed by atoms with Gasteiger partial charge in [0, 0.05) is 11.6 Å². The Hall–Kier alpha value is -2.45. The molecule has 6 nitrogen and oxygen atoms in total. The molecule has 1 unspecified atom stereocenters. The Morgan fingerprint density at radius 1 is 1.28 bits per heavy atom. The lowest BCUT2D eigenvalue weighted by Gasteiger charge is -2.12. The number of anilines is 1. The van der Waals surface area contributed by atoms with E-state index in [4.69, 9.17) is 0 Å². The smallest absolute Gasteiger partial charge is 0.239 e. The zero-order valence-electron chi connectivity index (χ0n) is 13.4. The van der Waals surface area contributed by atoms with Gasteiger partial charge in [-0.05, 0) is 30.0 Å². The first-order chi connectivity index (χ1) is 12.3. The summed E-state index contributed by atoms with van der Waals surface area (Å²) in [5, 5.41) is 15.4. The van der Waals surface area contributed by atoms with E-state index in [9.17, 15) is 4.79 Å². The molecular weight excluding hydrogens is 354 g/mol. The molecule has 25 heavy (non-hydrogen) atoms. The zero-order valence-corrected chi connectivity index (χ0v) is 15.0. The van der Waals surface area contributed by atoms with Crippen molar-refractivity contribution in [1.29, 1.82) is 0 Å². The van der Waals surface area contributed by atoms with Gasteiger partial charge >= 0.3 is 0 Å². The molecule has 0 saturated heterocycles. The van der Waals surface area contributed by atoms with E-state index >= 15 is 0 Å². The normalized spacial score (nSPS) is 12.5. The number of fused-ring (bicyclic) bond motifs is 3. The number of thiazole rings is 1. The third kappa shape index (κ3) is 3.10. The van der Waals surface area contributed by atoms with Crippen molar-refractivity contribution in [2.24, 2.45) is 0 Å². The first-order valence-electron chi connectivity index (χ1n) is 7.86. The van der Waals surface area contributed by atoms with Crippen LogP contribution in [0.15, 0.2) is 53.1 Å². The molecule has 0 aliphatic rings. The van der Waals surface area contributed by atoms with E-state index in [-0.39, 0.29) is 11.2 Å². The molecule has 0 fully saturated rings. The average molecular weight is 369 g/mol.